The SMILES string of the molecule is CC1CCCN(C(=O)c2cnn(-c3ccccc3)n2)C1CN. The number of carbonyl (C=O) groups excluding carboxylic acids is 1. The first kappa shape index (κ1) is 14.7. The molecule has 1 amide bonds. The number of aromatic nitrogens is 3. The van der Waals surface area contributed by atoms with E-state index in [0.29, 0.717) is 18.2 Å². The van der Waals surface area contributed by atoms with Crippen LogP contribution in [-0.4, -0.2) is 44.9 Å². The molecule has 2 N–H and O–H groups in total. The van der Waals surface area contributed by atoms with Crippen LogP contribution in [0.25, 0.3) is 5.69 Å². The number of nitrogens with zero attached hydrogens (tertiary/aromatic N) is 4. The zero-order chi connectivity index (χ0) is 15.5. The third kappa shape index (κ3) is 2.74. The number of nitrogens with two attached hydrogens (primary N) is 1. The number of benzene rings is 1. The molecule has 116 valence electrons. The summed E-state index contributed by atoms with van der Waals surface area (Å²) in [6.45, 7) is 3.38. The van der Waals surface area contributed by atoms with Crippen molar-refractivity contribution in [3.05, 3.63) is 42.2 Å². The summed E-state index contributed by atoms with van der Waals surface area (Å²) in [7, 11) is 0. The molecule has 1 fully saturated rings. The Kier molecular flexibility index (Phi) is 4.20. The molecule has 3 rings (SSSR count). The highest BCUT2D eigenvalue weighted by molar-refractivity contribution is 5.92. The molecule has 0 aliphatic carbocycles. The molecule has 0 saturated carbocycles. The van der Waals surface area contributed by atoms with Gasteiger partial charge in [-0.15, -0.1) is 5.10 Å². The van der Waals surface area contributed by atoms with Gasteiger partial charge in [0.2, 0.25) is 0 Å². The molecule has 6 nitrogen and oxygen atoms in total. The Morgan fingerprint density at radius 1 is 1.36 bits per heavy atom. The Balaban J connectivity index is 1.82. The number of rotatable bonds is 3. The van der Waals surface area contributed by atoms with Gasteiger partial charge in [0.05, 0.1) is 11.9 Å². The molecular weight excluding hydrogens is 278 g/mol. The first-order chi connectivity index (χ1) is 10.7. The highest BCUT2D eigenvalue weighted by Gasteiger charge is 2.32. The summed E-state index contributed by atoms with van der Waals surface area (Å²) in [4.78, 5) is 16.1. The maximum absolute atomic E-state index is 12.7. The monoisotopic (exact) mass is 299 g/mol. The predicted molar refractivity (Wildman–Crippen MR) is 83.6 cm³/mol. The van der Waals surface area contributed by atoms with E-state index < -0.39 is 0 Å². The van der Waals surface area contributed by atoms with Crippen LogP contribution >= 0.6 is 0 Å². The van der Waals surface area contributed by atoms with Gasteiger partial charge in [-0.2, -0.15) is 9.90 Å². The van der Waals surface area contributed by atoms with Crippen LogP contribution in [0.1, 0.15) is 30.3 Å². The lowest BCUT2D eigenvalue weighted by atomic mass is 9.90. The van der Waals surface area contributed by atoms with Crippen LogP contribution in [0.2, 0.25) is 0 Å². The largest absolute Gasteiger partial charge is 0.333 e. The van der Waals surface area contributed by atoms with Crippen LogP contribution in [-0.2, 0) is 0 Å². The minimum absolute atomic E-state index is 0.0795. The summed E-state index contributed by atoms with van der Waals surface area (Å²) in [5.74, 6) is 0.344. The number of piperidine rings is 1. The quantitative estimate of drug-likeness (QED) is 0.931. The van der Waals surface area contributed by atoms with Crippen molar-refractivity contribution in [2.75, 3.05) is 13.1 Å². The van der Waals surface area contributed by atoms with Crippen LogP contribution in [0.3, 0.4) is 0 Å². The maximum atomic E-state index is 12.7. The molecular formula is C16H21N5O. The average molecular weight is 299 g/mol. The number of amides is 1. The summed E-state index contributed by atoms with van der Waals surface area (Å²) in [5.41, 5.74) is 7.07. The second-order valence-electron chi connectivity index (χ2n) is 5.78. The smallest absolute Gasteiger partial charge is 0.276 e. The molecule has 0 bridgehead atoms. The molecule has 2 unspecified atom stereocenters. The topological polar surface area (TPSA) is 77.0 Å². The second kappa shape index (κ2) is 6.27. The number of carbonyl (C=O) groups is 1. The van der Waals surface area contributed by atoms with Gasteiger partial charge in [0.1, 0.15) is 0 Å². The molecule has 22 heavy (non-hydrogen) atoms. The fraction of sp³-hybridized carbons (Fsp3) is 0.438. The van der Waals surface area contributed by atoms with Crippen molar-refractivity contribution >= 4 is 5.91 Å². The van der Waals surface area contributed by atoms with Crippen LogP contribution in [0, 0.1) is 5.92 Å². The molecule has 1 aliphatic rings. The lowest BCUT2D eigenvalue weighted by molar-refractivity contribution is 0.0526. The van der Waals surface area contributed by atoms with Gasteiger partial charge in [-0.25, -0.2) is 0 Å². The highest BCUT2D eigenvalue weighted by atomic mass is 16.2. The Bertz CT molecular complexity index is 639. The summed E-state index contributed by atoms with van der Waals surface area (Å²) in [6, 6.07) is 9.65. The third-order valence-corrected chi connectivity index (χ3v) is 4.32. The van der Waals surface area contributed by atoms with Crippen molar-refractivity contribution in [3.8, 4) is 5.69 Å². The number of likely N-dealkylation sites (tertiary alicyclic amines) is 1. The van der Waals surface area contributed by atoms with Gasteiger partial charge < -0.3 is 10.6 Å². The van der Waals surface area contributed by atoms with Crippen molar-refractivity contribution < 1.29 is 4.79 Å². The van der Waals surface area contributed by atoms with Crippen LogP contribution in [0.5, 0.6) is 0 Å². The van der Waals surface area contributed by atoms with Crippen molar-refractivity contribution in [2.45, 2.75) is 25.8 Å². The van der Waals surface area contributed by atoms with E-state index in [1.807, 2.05) is 35.2 Å². The molecule has 1 saturated heterocycles. The predicted octanol–water partition coefficient (Wildman–Crippen LogP) is 1.47. The number of hydrogen-bond acceptors (Lipinski definition) is 4. The van der Waals surface area contributed by atoms with Crippen molar-refractivity contribution in [2.24, 2.45) is 11.7 Å². The third-order valence-electron chi connectivity index (χ3n) is 4.32. The minimum atomic E-state index is -0.0795. The average Bonchev–Trinajstić information content (AvgIpc) is 3.05. The van der Waals surface area contributed by atoms with Gasteiger partial charge in [-0.3, -0.25) is 4.79 Å². The van der Waals surface area contributed by atoms with Gasteiger partial charge in [-0.05, 0) is 30.9 Å². The van der Waals surface area contributed by atoms with Crippen LogP contribution in [0.15, 0.2) is 36.5 Å². The van der Waals surface area contributed by atoms with Crippen LogP contribution in [0.4, 0.5) is 0 Å². The fourth-order valence-electron chi connectivity index (χ4n) is 3.05. The lowest BCUT2D eigenvalue weighted by Crippen LogP contribution is -2.51. The van der Waals surface area contributed by atoms with Crippen molar-refractivity contribution in [1.29, 1.82) is 0 Å². The van der Waals surface area contributed by atoms with Crippen LogP contribution < -0.4 is 5.73 Å². The molecule has 0 radical (unpaired) electrons. The summed E-state index contributed by atoms with van der Waals surface area (Å²) in [6.07, 6.45) is 3.65. The van der Waals surface area contributed by atoms with Gasteiger partial charge in [0.25, 0.3) is 5.91 Å². The molecule has 2 atom stereocenters. The molecule has 1 aliphatic heterocycles. The van der Waals surface area contributed by atoms with Gasteiger partial charge in [0.15, 0.2) is 5.69 Å². The molecule has 1 aromatic heterocycles. The lowest BCUT2D eigenvalue weighted by Gasteiger charge is -2.39. The number of hydrogen-bond donors (Lipinski definition) is 1. The first-order valence-electron chi connectivity index (χ1n) is 7.69. The minimum Gasteiger partial charge on any atom is -0.333 e. The molecule has 0 spiro atoms. The number of para-hydroxylation sites is 1. The molecule has 2 aromatic rings. The van der Waals surface area contributed by atoms with E-state index in [1.165, 1.54) is 11.0 Å². The van der Waals surface area contributed by atoms with E-state index in [-0.39, 0.29) is 11.9 Å². The first-order valence-corrected chi connectivity index (χ1v) is 7.69. The summed E-state index contributed by atoms with van der Waals surface area (Å²) in [5, 5.41) is 8.52. The van der Waals surface area contributed by atoms with Gasteiger partial charge in [0, 0.05) is 19.1 Å². The van der Waals surface area contributed by atoms with E-state index in [9.17, 15) is 4.79 Å². The van der Waals surface area contributed by atoms with E-state index in [2.05, 4.69) is 17.1 Å². The van der Waals surface area contributed by atoms with E-state index in [1.54, 1.807) is 0 Å². The Hall–Kier alpha value is -2.21. The van der Waals surface area contributed by atoms with E-state index in [4.69, 9.17) is 5.73 Å². The molecule has 1 aromatic carbocycles. The van der Waals surface area contributed by atoms with E-state index in [0.717, 1.165) is 25.1 Å². The van der Waals surface area contributed by atoms with E-state index >= 15 is 0 Å². The maximum Gasteiger partial charge on any atom is 0.276 e. The normalized spacial score (nSPS) is 21.8. The molecule has 2 heterocycles. The highest BCUT2D eigenvalue weighted by Crippen LogP contribution is 2.24. The van der Waals surface area contributed by atoms with Gasteiger partial charge >= 0.3 is 0 Å². The summed E-state index contributed by atoms with van der Waals surface area (Å²) < 4.78 is 0. The molecule has 6 heteroatoms. The standard InChI is InChI=1S/C16H21N5O/c1-12-6-5-9-20(15(12)10-17)16(22)14-11-18-21(19-14)13-7-3-2-4-8-13/h2-4,7-8,11-12,15H,5-6,9-10,17H2,1H3. The van der Waals surface area contributed by atoms with Crippen molar-refractivity contribution in [3.63, 3.8) is 0 Å². The van der Waals surface area contributed by atoms with Crippen molar-refractivity contribution in [1.82, 2.24) is 19.9 Å². The Morgan fingerprint density at radius 2 is 2.14 bits per heavy atom. The second-order valence-corrected chi connectivity index (χ2v) is 5.78. The summed E-state index contributed by atoms with van der Waals surface area (Å²) >= 11 is 0. The Labute approximate surface area is 129 Å². The fourth-order valence-corrected chi connectivity index (χ4v) is 3.05. The zero-order valence-electron chi connectivity index (χ0n) is 12.7. The zero-order valence-corrected chi connectivity index (χ0v) is 12.7. The Morgan fingerprint density at radius 3 is 2.86 bits per heavy atom. The van der Waals surface area contributed by atoms with Gasteiger partial charge in [-0.1, -0.05) is 25.1 Å².